The van der Waals surface area contributed by atoms with Gasteiger partial charge in [-0.15, -0.1) is 0 Å². The van der Waals surface area contributed by atoms with Crippen molar-refractivity contribution in [2.24, 2.45) is 0 Å². The van der Waals surface area contributed by atoms with Gasteiger partial charge in [-0.25, -0.2) is 0 Å². The summed E-state index contributed by atoms with van der Waals surface area (Å²) < 4.78 is 21.7. The zero-order valence-electron chi connectivity index (χ0n) is 21.3. The Hall–Kier alpha value is -3.19. The fraction of sp³-hybridized carbons (Fsp3) is 0.444. The molecule has 1 N–H and O–H groups in total. The molecule has 0 aliphatic rings. The molecule has 0 aliphatic carbocycles. The number of methoxy groups -OCH3 is 4. The highest BCUT2D eigenvalue weighted by molar-refractivity contribution is 5.94. The van der Waals surface area contributed by atoms with Crippen LogP contribution in [0.15, 0.2) is 30.3 Å². The highest BCUT2D eigenvalue weighted by Crippen LogP contribution is 2.38. The number of nitrogens with zero attached hydrogens (tertiary/aromatic N) is 1. The highest BCUT2D eigenvalue weighted by Gasteiger charge is 2.13. The van der Waals surface area contributed by atoms with Gasteiger partial charge in [-0.2, -0.15) is 0 Å². The van der Waals surface area contributed by atoms with Gasteiger partial charge in [0.15, 0.2) is 11.5 Å². The van der Waals surface area contributed by atoms with Gasteiger partial charge in [-0.1, -0.05) is 26.0 Å². The number of benzene rings is 2. The van der Waals surface area contributed by atoms with Crippen LogP contribution in [0, 0.1) is 0 Å². The molecule has 34 heavy (non-hydrogen) atoms. The molecule has 2 aromatic carbocycles. The van der Waals surface area contributed by atoms with Crippen LogP contribution >= 0.6 is 0 Å². The van der Waals surface area contributed by atoms with Gasteiger partial charge in [-0.3, -0.25) is 4.79 Å². The third kappa shape index (κ3) is 7.70. The van der Waals surface area contributed by atoms with E-state index in [-0.39, 0.29) is 5.91 Å². The Bertz CT molecular complexity index is 927. The van der Waals surface area contributed by atoms with E-state index in [2.05, 4.69) is 24.1 Å². The molecule has 0 unspecified atom stereocenters. The molecule has 0 aromatic heterocycles. The number of ether oxygens (including phenoxy) is 4. The zero-order chi connectivity index (χ0) is 24.9. The average molecular weight is 471 g/mol. The Morgan fingerprint density at radius 1 is 0.853 bits per heavy atom. The molecule has 2 aromatic rings. The van der Waals surface area contributed by atoms with Crippen molar-refractivity contribution < 1.29 is 23.7 Å². The van der Waals surface area contributed by atoms with E-state index in [4.69, 9.17) is 18.9 Å². The van der Waals surface area contributed by atoms with Crippen LogP contribution in [0.5, 0.6) is 23.0 Å². The molecule has 0 aliphatic heterocycles. The SMILES string of the molecule is CCCN(CCC)CCC(=O)Nc1cc(OC)ccc1/C=C\c1cc(OC)c(OC)c(OC)c1. The summed E-state index contributed by atoms with van der Waals surface area (Å²) in [4.78, 5) is 15.1. The maximum Gasteiger partial charge on any atom is 0.225 e. The largest absolute Gasteiger partial charge is 0.497 e. The summed E-state index contributed by atoms with van der Waals surface area (Å²) in [7, 11) is 6.36. The van der Waals surface area contributed by atoms with Gasteiger partial charge in [0.1, 0.15) is 5.75 Å². The van der Waals surface area contributed by atoms with E-state index in [0.29, 0.717) is 35.1 Å². The summed E-state index contributed by atoms with van der Waals surface area (Å²) in [6, 6.07) is 9.37. The summed E-state index contributed by atoms with van der Waals surface area (Å²) in [5, 5.41) is 3.06. The lowest BCUT2D eigenvalue weighted by molar-refractivity contribution is -0.116. The first kappa shape index (κ1) is 27.1. The zero-order valence-corrected chi connectivity index (χ0v) is 21.3. The van der Waals surface area contributed by atoms with Gasteiger partial charge in [0.25, 0.3) is 0 Å². The molecule has 1 amide bonds. The van der Waals surface area contributed by atoms with E-state index < -0.39 is 0 Å². The molecule has 7 heteroatoms. The molecule has 2 rings (SSSR count). The molecule has 7 nitrogen and oxygen atoms in total. The summed E-state index contributed by atoms with van der Waals surface area (Å²) in [5.41, 5.74) is 2.44. The number of hydrogen-bond donors (Lipinski definition) is 1. The van der Waals surface area contributed by atoms with Gasteiger partial charge in [0, 0.05) is 19.0 Å². The average Bonchev–Trinajstić information content (AvgIpc) is 2.85. The summed E-state index contributed by atoms with van der Waals surface area (Å²) in [6.45, 7) is 7.07. The minimum absolute atomic E-state index is 0.0205. The number of amides is 1. The summed E-state index contributed by atoms with van der Waals surface area (Å²) in [5.74, 6) is 2.36. The molecular weight excluding hydrogens is 432 g/mol. The minimum Gasteiger partial charge on any atom is -0.497 e. The summed E-state index contributed by atoms with van der Waals surface area (Å²) in [6.07, 6.45) is 6.47. The van der Waals surface area contributed by atoms with Crippen molar-refractivity contribution in [2.75, 3.05) is 53.4 Å². The third-order valence-corrected chi connectivity index (χ3v) is 5.41. The number of nitrogens with one attached hydrogen (secondary N) is 1. The van der Waals surface area contributed by atoms with Gasteiger partial charge >= 0.3 is 0 Å². The molecule has 0 bridgehead atoms. The Morgan fingerprint density at radius 2 is 1.50 bits per heavy atom. The van der Waals surface area contributed by atoms with Crippen molar-refractivity contribution in [3.63, 3.8) is 0 Å². The number of hydrogen-bond acceptors (Lipinski definition) is 6. The lowest BCUT2D eigenvalue weighted by Crippen LogP contribution is -2.29. The van der Waals surface area contributed by atoms with Crippen LogP contribution in [0.1, 0.15) is 44.2 Å². The molecule has 186 valence electrons. The standard InChI is InChI=1S/C27H38N2O5/c1-7-14-29(15-8-2)16-13-26(30)28-23-19-22(31-3)12-11-21(23)10-9-20-17-24(32-4)27(34-6)25(18-20)33-5/h9-12,17-19H,7-8,13-16H2,1-6H3,(H,28,30)/b10-9-. The third-order valence-electron chi connectivity index (χ3n) is 5.41. The Labute approximate surface area is 203 Å². The predicted molar refractivity (Wildman–Crippen MR) is 138 cm³/mol. The second-order valence-corrected chi connectivity index (χ2v) is 7.89. The molecule has 0 spiro atoms. The van der Waals surface area contributed by atoms with Gasteiger partial charge < -0.3 is 29.2 Å². The molecule has 0 radical (unpaired) electrons. The van der Waals surface area contributed by atoms with Crippen molar-refractivity contribution in [1.82, 2.24) is 4.90 Å². The first-order valence-corrected chi connectivity index (χ1v) is 11.7. The fourth-order valence-electron chi connectivity index (χ4n) is 3.74. The number of anilines is 1. The topological polar surface area (TPSA) is 69.3 Å². The van der Waals surface area contributed by atoms with Crippen LogP contribution in [0.2, 0.25) is 0 Å². The first-order chi connectivity index (χ1) is 16.5. The number of rotatable bonds is 14. The quantitative estimate of drug-likeness (QED) is 0.376. The Kier molecular flexibility index (Phi) is 11.3. The van der Waals surface area contributed by atoms with Crippen molar-refractivity contribution in [1.29, 1.82) is 0 Å². The van der Waals surface area contributed by atoms with Crippen LogP contribution in [-0.2, 0) is 4.79 Å². The first-order valence-electron chi connectivity index (χ1n) is 11.7. The van der Waals surface area contributed by atoms with Crippen molar-refractivity contribution in [2.45, 2.75) is 33.1 Å². The number of carbonyl (C=O) groups excluding carboxylic acids is 1. The smallest absolute Gasteiger partial charge is 0.225 e. The molecule has 0 fully saturated rings. The van der Waals surface area contributed by atoms with E-state index in [1.165, 1.54) is 0 Å². The molecular formula is C27H38N2O5. The Balaban J connectivity index is 2.24. The van der Waals surface area contributed by atoms with Crippen molar-refractivity contribution in [3.8, 4) is 23.0 Å². The van der Waals surface area contributed by atoms with Crippen LogP contribution in [0.4, 0.5) is 5.69 Å². The van der Waals surface area contributed by atoms with Crippen molar-refractivity contribution >= 4 is 23.7 Å². The molecule has 0 heterocycles. The van der Waals surface area contributed by atoms with Crippen LogP contribution in [-0.4, -0.2) is 58.9 Å². The van der Waals surface area contributed by atoms with Gasteiger partial charge in [0.05, 0.1) is 34.1 Å². The second kappa shape index (κ2) is 14.2. The van der Waals surface area contributed by atoms with Crippen LogP contribution < -0.4 is 24.3 Å². The minimum atomic E-state index is -0.0205. The highest BCUT2D eigenvalue weighted by atomic mass is 16.5. The van der Waals surface area contributed by atoms with E-state index in [1.54, 1.807) is 28.4 Å². The van der Waals surface area contributed by atoms with Crippen LogP contribution in [0.25, 0.3) is 12.2 Å². The van der Waals surface area contributed by atoms with E-state index in [9.17, 15) is 4.79 Å². The van der Waals surface area contributed by atoms with E-state index in [0.717, 1.165) is 43.6 Å². The van der Waals surface area contributed by atoms with E-state index >= 15 is 0 Å². The Morgan fingerprint density at radius 3 is 2.03 bits per heavy atom. The number of carbonyl (C=O) groups is 1. The normalized spacial score (nSPS) is 11.0. The van der Waals surface area contributed by atoms with Gasteiger partial charge in [-0.05, 0) is 61.3 Å². The lowest BCUT2D eigenvalue weighted by atomic mass is 10.1. The van der Waals surface area contributed by atoms with Gasteiger partial charge in [0.2, 0.25) is 11.7 Å². The predicted octanol–water partition coefficient (Wildman–Crippen LogP) is 5.34. The molecule has 0 atom stereocenters. The summed E-state index contributed by atoms with van der Waals surface area (Å²) >= 11 is 0. The maximum absolute atomic E-state index is 12.7. The fourth-order valence-corrected chi connectivity index (χ4v) is 3.74. The lowest BCUT2D eigenvalue weighted by Gasteiger charge is -2.20. The second-order valence-electron chi connectivity index (χ2n) is 7.89. The monoisotopic (exact) mass is 470 g/mol. The molecule has 0 saturated carbocycles. The van der Waals surface area contributed by atoms with Crippen LogP contribution in [0.3, 0.4) is 0 Å². The maximum atomic E-state index is 12.7. The van der Waals surface area contributed by atoms with Crippen molar-refractivity contribution in [3.05, 3.63) is 41.5 Å². The molecule has 0 saturated heterocycles. The van der Waals surface area contributed by atoms with E-state index in [1.807, 2.05) is 42.5 Å².